The normalized spacial score (nSPS) is 17.7. The first-order valence-corrected chi connectivity index (χ1v) is 10.6. The molecule has 0 saturated carbocycles. The fourth-order valence-corrected chi connectivity index (χ4v) is 4.92. The summed E-state index contributed by atoms with van der Waals surface area (Å²) in [5.41, 5.74) is 0.951. The van der Waals surface area contributed by atoms with Gasteiger partial charge in [-0.05, 0) is 43.0 Å². The van der Waals surface area contributed by atoms with Gasteiger partial charge in [-0.1, -0.05) is 5.16 Å². The van der Waals surface area contributed by atoms with Crippen molar-refractivity contribution in [3.05, 3.63) is 54.3 Å². The molecular weight excluding hydrogens is 392 g/mol. The lowest BCUT2D eigenvalue weighted by Gasteiger charge is -2.31. The predicted molar refractivity (Wildman–Crippen MR) is 102 cm³/mol. The highest BCUT2D eigenvalue weighted by molar-refractivity contribution is 7.89. The van der Waals surface area contributed by atoms with E-state index >= 15 is 0 Å². The van der Waals surface area contributed by atoms with E-state index in [9.17, 15) is 8.42 Å². The van der Waals surface area contributed by atoms with E-state index in [-0.39, 0.29) is 10.8 Å². The minimum absolute atomic E-state index is 0.0760. The Bertz CT molecular complexity index is 1120. The maximum absolute atomic E-state index is 13.0. The van der Waals surface area contributed by atoms with Crippen molar-refractivity contribution >= 4 is 10.0 Å². The van der Waals surface area contributed by atoms with Crippen LogP contribution in [0.4, 0.5) is 0 Å². The van der Waals surface area contributed by atoms with Crippen LogP contribution in [0.2, 0.25) is 0 Å². The van der Waals surface area contributed by atoms with Crippen molar-refractivity contribution < 1.29 is 12.9 Å². The van der Waals surface area contributed by atoms with Gasteiger partial charge in [0.1, 0.15) is 5.69 Å². The number of benzene rings is 1. The molecule has 0 radical (unpaired) electrons. The Morgan fingerprint density at radius 1 is 1.24 bits per heavy atom. The average molecular weight is 410 g/mol. The molecule has 0 aliphatic carbocycles. The molecule has 1 aliphatic heterocycles. The van der Waals surface area contributed by atoms with E-state index in [0.717, 1.165) is 12.8 Å². The Labute approximate surface area is 168 Å². The van der Waals surface area contributed by atoms with Crippen LogP contribution in [0.1, 0.15) is 24.3 Å². The smallest absolute Gasteiger partial charge is 0.243 e. The summed E-state index contributed by atoms with van der Waals surface area (Å²) in [4.78, 5) is 12.7. The van der Waals surface area contributed by atoms with Crippen LogP contribution < -0.4 is 0 Å². The van der Waals surface area contributed by atoms with E-state index in [4.69, 9.17) is 9.78 Å². The molecule has 0 spiro atoms. The van der Waals surface area contributed by atoms with E-state index in [2.05, 4.69) is 20.1 Å². The second-order valence-electron chi connectivity index (χ2n) is 6.81. The first-order chi connectivity index (χ1) is 14.1. The Morgan fingerprint density at radius 2 is 2.07 bits per heavy atom. The fraction of sp³-hybridized carbons (Fsp3) is 0.316. The molecule has 2 aromatic heterocycles. The largest absolute Gasteiger partial charge is 0.339 e. The van der Waals surface area contributed by atoms with E-state index < -0.39 is 10.0 Å². The SMILES string of the molecule is N#Cc1ccc(S(=O)(=O)N2CCCC(Cc3nc(-c4cnccn4)no3)C2)cc1. The van der Waals surface area contributed by atoms with Gasteiger partial charge in [-0.3, -0.25) is 4.98 Å². The number of nitriles is 1. The number of hydrogen-bond acceptors (Lipinski definition) is 8. The summed E-state index contributed by atoms with van der Waals surface area (Å²) in [5.74, 6) is 0.895. The van der Waals surface area contributed by atoms with Gasteiger partial charge in [0.15, 0.2) is 0 Å². The molecule has 148 valence electrons. The molecule has 1 fully saturated rings. The number of piperidine rings is 1. The lowest BCUT2D eigenvalue weighted by Crippen LogP contribution is -2.40. The van der Waals surface area contributed by atoms with E-state index in [1.807, 2.05) is 6.07 Å². The van der Waals surface area contributed by atoms with E-state index in [0.29, 0.717) is 42.5 Å². The minimum atomic E-state index is -3.61. The Morgan fingerprint density at radius 3 is 2.79 bits per heavy atom. The lowest BCUT2D eigenvalue weighted by molar-refractivity contribution is 0.247. The van der Waals surface area contributed by atoms with Gasteiger partial charge in [0.2, 0.25) is 21.7 Å². The Kier molecular flexibility index (Phi) is 5.33. The zero-order chi connectivity index (χ0) is 20.3. The molecule has 9 nitrogen and oxygen atoms in total. The topological polar surface area (TPSA) is 126 Å². The van der Waals surface area contributed by atoms with Crippen molar-refractivity contribution in [3.8, 4) is 17.6 Å². The highest BCUT2D eigenvalue weighted by atomic mass is 32.2. The number of aromatic nitrogens is 4. The lowest BCUT2D eigenvalue weighted by atomic mass is 9.96. The van der Waals surface area contributed by atoms with Crippen molar-refractivity contribution in [1.82, 2.24) is 24.4 Å². The van der Waals surface area contributed by atoms with Gasteiger partial charge in [0.05, 0.1) is 22.7 Å². The third-order valence-corrected chi connectivity index (χ3v) is 6.71. The molecule has 29 heavy (non-hydrogen) atoms. The van der Waals surface area contributed by atoms with Crippen LogP contribution in [0.25, 0.3) is 11.5 Å². The van der Waals surface area contributed by atoms with Crippen LogP contribution in [-0.2, 0) is 16.4 Å². The van der Waals surface area contributed by atoms with Crippen LogP contribution >= 0.6 is 0 Å². The maximum atomic E-state index is 13.0. The van der Waals surface area contributed by atoms with Crippen LogP contribution in [0.15, 0.2) is 52.3 Å². The summed E-state index contributed by atoms with van der Waals surface area (Å²) in [6, 6.07) is 7.97. The zero-order valence-electron chi connectivity index (χ0n) is 15.5. The van der Waals surface area contributed by atoms with E-state index in [1.54, 1.807) is 18.6 Å². The summed E-state index contributed by atoms with van der Waals surface area (Å²) in [5, 5.41) is 12.8. The van der Waals surface area contributed by atoms with Gasteiger partial charge in [-0.2, -0.15) is 14.6 Å². The first kappa shape index (κ1) is 19.2. The average Bonchev–Trinajstić information content (AvgIpc) is 3.23. The van der Waals surface area contributed by atoms with Gasteiger partial charge in [0, 0.05) is 31.9 Å². The van der Waals surface area contributed by atoms with Gasteiger partial charge < -0.3 is 4.52 Å². The van der Waals surface area contributed by atoms with Crippen LogP contribution in [0.5, 0.6) is 0 Å². The van der Waals surface area contributed by atoms with Gasteiger partial charge >= 0.3 is 0 Å². The molecule has 1 aromatic carbocycles. The van der Waals surface area contributed by atoms with Crippen LogP contribution in [0, 0.1) is 17.2 Å². The van der Waals surface area contributed by atoms with Crippen LogP contribution in [0.3, 0.4) is 0 Å². The second-order valence-corrected chi connectivity index (χ2v) is 8.75. The quantitative estimate of drug-likeness (QED) is 0.625. The van der Waals surface area contributed by atoms with Crippen molar-refractivity contribution in [1.29, 1.82) is 5.26 Å². The molecule has 4 rings (SSSR count). The van der Waals surface area contributed by atoms with Crippen LogP contribution in [-0.4, -0.2) is 45.9 Å². The molecule has 0 N–H and O–H groups in total. The first-order valence-electron chi connectivity index (χ1n) is 9.15. The van der Waals surface area contributed by atoms with Crippen molar-refractivity contribution in [3.63, 3.8) is 0 Å². The minimum Gasteiger partial charge on any atom is -0.339 e. The zero-order valence-corrected chi connectivity index (χ0v) is 16.3. The van der Waals surface area contributed by atoms with Crippen molar-refractivity contribution in [2.45, 2.75) is 24.2 Å². The molecule has 0 bridgehead atoms. The molecular formula is C19H18N6O3S. The molecule has 1 saturated heterocycles. The Hall–Kier alpha value is -3.16. The molecule has 3 heterocycles. The highest BCUT2D eigenvalue weighted by Gasteiger charge is 2.31. The number of nitrogens with zero attached hydrogens (tertiary/aromatic N) is 6. The van der Waals surface area contributed by atoms with Gasteiger partial charge in [-0.25, -0.2) is 13.4 Å². The van der Waals surface area contributed by atoms with E-state index in [1.165, 1.54) is 28.6 Å². The molecule has 10 heteroatoms. The maximum Gasteiger partial charge on any atom is 0.243 e. The summed E-state index contributed by atoms with van der Waals surface area (Å²) in [6.45, 7) is 0.846. The standard InChI is InChI=1S/C19H18N6O3S/c20-11-14-3-5-16(6-4-14)29(26,27)25-9-1-2-15(13-25)10-18-23-19(24-28-18)17-12-21-7-8-22-17/h3-8,12,15H,1-2,9-10,13H2. The predicted octanol–water partition coefficient (Wildman–Crippen LogP) is 2.04. The number of rotatable bonds is 5. The monoisotopic (exact) mass is 410 g/mol. The third-order valence-electron chi connectivity index (χ3n) is 4.83. The molecule has 3 aromatic rings. The number of hydrogen-bond donors (Lipinski definition) is 0. The van der Waals surface area contributed by atoms with Gasteiger partial charge in [-0.15, -0.1) is 0 Å². The molecule has 1 atom stereocenters. The molecule has 1 unspecified atom stereocenters. The third kappa shape index (κ3) is 4.16. The molecule has 0 amide bonds. The van der Waals surface area contributed by atoms with Crippen molar-refractivity contribution in [2.75, 3.05) is 13.1 Å². The summed E-state index contributed by atoms with van der Waals surface area (Å²) in [7, 11) is -3.61. The summed E-state index contributed by atoms with van der Waals surface area (Å²) >= 11 is 0. The number of sulfonamides is 1. The summed E-state index contributed by atoms with van der Waals surface area (Å²) < 4.78 is 32.7. The molecule has 1 aliphatic rings. The van der Waals surface area contributed by atoms with Crippen molar-refractivity contribution in [2.24, 2.45) is 5.92 Å². The fourth-order valence-electron chi connectivity index (χ4n) is 3.37. The highest BCUT2D eigenvalue weighted by Crippen LogP contribution is 2.26. The summed E-state index contributed by atoms with van der Waals surface area (Å²) in [6.07, 6.45) is 6.80. The Balaban J connectivity index is 1.46. The second kappa shape index (κ2) is 8.06. The van der Waals surface area contributed by atoms with Gasteiger partial charge in [0.25, 0.3) is 0 Å².